The molecule has 7 nitrogen and oxygen atoms in total. The van der Waals surface area contributed by atoms with Gasteiger partial charge in [-0.25, -0.2) is 4.79 Å². The lowest BCUT2D eigenvalue weighted by atomic mass is 10.0. The van der Waals surface area contributed by atoms with E-state index in [9.17, 15) is 9.59 Å². The Kier molecular flexibility index (Phi) is 7.31. The molecule has 0 aliphatic carbocycles. The van der Waals surface area contributed by atoms with Crippen molar-refractivity contribution in [2.75, 3.05) is 5.32 Å². The van der Waals surface area contributed by atoms with Crippen molar-refractivity contribution >= 4 is 33.7 Å². The number of carbonyl (C=O) groups is 2. The molecule has 0 aliphatic heterocycles. The molecule has 1 heterocycles. The summed E-state index contributed by atoms with van der Waals surface area (Å²) in [7, 11) is 0. The monoisotopic (exact) mass is 534 g/mol. The quantitative estimate of drug-likeness (QED) is 0.264. The summed E-state index contributed by atoms with van der Waals surface area (Å²) < 4.78 is 11.8. The number of nitrogens with one attached hydrogen (secondary N) is 1. The van der Waals surface area contributed by atoms with Crippen LogP contribution in [0.5, 0.6) is 0 Å². The van der Waals surface area contributed by atoms with Crippen LogP contribution in [0.2, 0.25) is 0 Å². The number of anilines is 1. The van der Waals surface area contributed by atoms with E-state index in [4.69, 9.17) is 14.4 Å². The van der Waals surface area contributed by atoms with Gasteiger partial charge in [-0.1, -0.05) is 81.8 Å². The third-order valence-corrected chi connectivity index (χ3v) is 5.99. The van der Waals surface area contributed by atoms with Crippen molar-refractivity contribution in [1.29, 1.82) is 0 Å². The summed E-state index contributed by atoms with van der Waals surface area (Å²) in [5, 5.41) is 15.8. The molecule has 1 atom stereocenters. The molecule has 4 rings (SSSR count). The third-order valence-electron chi connectivity index (χ3n) is 5.49. The maximum atomic E-state index is 12.6. The lowest BCUT2D eigenvalue weighted by molar-refractivity contribution is -0.136. The summed E-state index contributed by atoms with van der Waals surface area (Å²) in [5.74, 6) is -0.397. The molecule has 2 N–H and O–H groups in total. The minimum Gasteiger partial charge on any atom is -0.481 e. The SMILES string of the molecule is Cc1onc(-c2ccc(-c3ccc(CC(=O)O)cc3)cc2)c1NC(=O)OC(C)c1cccc(Br)c1. The van der Waals surface area contributed by atoms with Gasteiger partial charge in [0.2, 0.25) is 0 Å². The molecule has 4 aromatic rings. The lowest BCUT2D eigenvalue weighted by Gasteiger charge is -2.14. The number of ether oxygens (including phenoxy) is 1. The zero-order valence-corrected chi connectivity index (χ0v) is 20.7. The predicted molar refractivity (Wildman–Crippen MR) is 136 cm³/mol. The third kappa shape index (κ3) is 5.96. The molecular weight excluding hydrogens is 512 g/mol. The van der Waals surface area contributed by atoms with E-state index in [-0.39, 0.29) is 6.42 Å². The Labute approximate surface area is 210 Å². The first kappa shape index (κ1) is 24.2. The highest BCUT2D eigenvalue weighted by Crippen LogP contribution is 2.32. The van der Waals surface area contributed by atoms with Crippen LogP contribution in [-0.2, 0) is 16.0 Å². The summed E-state index contributed by atoms with van der Waals surface area (Å²) in [6.07, 6.45) is -1.06. The Hall–Kier alpha value is -3.91. The van der Waals surface area contributed by atoms with Gasteiger partial charge in [0.25, 0.3) is 0 Å². The molecule has 178 valence electrons. The highest BCUT2D eigenvalue weighted by molar-refractivity contribution is 9.10. The van der Waals surface area contributed by atoms with Crippen LogP contribution in [0.25, 0.3) is 22.4 Å². The number of carboxylic acid groups (broad SMARTS) is 1. The number of aryl methyl sites for hydroxylation is 1. The number of amides is 1. The number of halogens is 1. The van der Waals surface area contributed by atoms with Gasteiger partial charge in [0.15, 0.2) is 5.76 Å². The molecule has 0 bridgehead atoms. The van der Waals surface area contributed by atoms with E-state index in [1.165, 1.54) is 0 Å². The van der Waals surface area contributed by atoms with Crippen molar-refractivity contribution in [3.8, 4) is 22.4 Å². The van der Waals surface area contributed by atoms with Crippen LogP contribution < -0.4 is 5.32 Å². The molecule has 3 aromatic carbocycles. The number of hydrogen-bond acceptors (Lipinski definition) is 5. The molecule has 1 unspecified atom stereocenters. The molecule has 35 heavy (non-hydrogen) atoms. The van der Waals surface area contributed by atoms with Crippen LogP contribution in [-0.4, -0.2) is 22.3 Å². The molecule has 1 amide bonds. The Balaban J connectivity index is 1.48. The highest BCUT2D eigenvalue weighted by Gasteiger charge is 2.20. The molecule has 0 saturated carbocycles. The normalized spacial score (nSPS) is 11.6. The minimum atomic E-state index is -0.860. The zero-order valence-electron chi connectivity index (χ0n) is 19.1. The van der Waals surface area contributed by atoms with Crippen LogP contribution >= 0.6 is 15.9 Å². The second-order valence-electron chi connectivity index (χ2n) is 8.03. The van der Waals surface area contributed by atoms with Gasteiger partial charge < -0.3 is 14.4 Å². The molecule has 1 aromatic heterocycles. The molecule has 8 heteroatoms. The first-order valence-corrected chi connectivity index (χ1v) is 11.7. The number of aliphatic carboxylic acids is 1. The summed E-state index contributed by atoms with van der Waals surface area (Å²) in [6, 6.07) is 22.6. The molecule has 0 aliphatic rings. The average molecular weight is 535 g/mol. The van der Waals surface area contributed by atoms with Crippen LogP contribution in [0, 0.1) is 6.92 Å². The van der Waals surface area contributed by atoms with Crippen molar-refractivity contribution < 1.29 is 24.0 Å². The number of carbonyl (C=O) groups excluding carboxylic acids is 1. The highest BCUT2D eigenvalue weighted by atomic mass is 79.9. The van der Waals surface area contributed by atoms with Crippen LogP contribution in [0.1, 0.15) is 29.9 Å². The number of nitrogens with zero attached hydrogens (tertiary/aromatic N) is 1. The Morgan fingerprint density at radius 3 is 2.29 bits per heavy atom. The van der Waals surface area contributed by atoms with Gasteiger partial charge in [-0.15, -0.1) is 0 Å². The summed E-state index contributed by atoms with van der Waals surface area (Å²) in [6.45, 7) is 3.52. The Morgan fingerprint density at radius 2 is 1.66 bits per heavy atom. The van der Waals surface area contributed by atoms with Crippen LogP contribution in [0.4, 0.5) is 10.5 Å². The number of rotatable bonds is 7. The van der Waals surface area contributed by atoms with Gasteiger partial charge in [-0.3, -0.25) is 10.1 Å². The fourth-order valence-electron chi connectivity index (χ4n) is 3.65. The number of hydrogen-bond donors (Lipinski definition) is 2. The zero-order chi connectivity index (χ0) is 24.9. The molecular formula is C27H23BrN2O5. The van der Waals surface area contributed by atoms with E-state index in [2.05, 4.69) is 26.4 Å². The van der Waals surface area contributed by atoms with Crippen molar-refractivity contribution in [2.45, 2.75) is 26.4 Å². The Morgan fingerprint density at radius 1 is 1.03 bits per heavy atom. The van der Waals surface area contributed by atoms with Gasteiger partial charge in [-0.05, 0) is 48.2 Å². The molecule has 0 radical (unpaired) electrons. The van der Waals surface area contributed by atoms with E-state index in [0.717, 1.165) is 32.3 Å². The first-order chi connectivity index (χ1) is 16.8. The summed E-state index contributed by atoms with van der Waals surface area (Å²) in [5.41, 5.74) is 5.25. The van der Waals surface area contributed by atoms with Crippen LogP contribution in [0.3, 0.4) is 0 Å². The fourth-order valence-corrected chi connectivity index (χ4v) is 4.06. The van der Waals surface area contributed by atoms with E-state index in [1.54, 1.807) is 26.0 Å². The van der Waals surface area contributed by atoms with E-state index < -0.39 is 18.2 Å². The standard InChI is InChI=1S/C27H23BrN2O5/c1-16(22-4-3-5-23(28)15-22)34-27(33)29-25-17(2)35-30-26(25)21-12-10-20(11-13-21)19-8-6-18(7-9-19)14-24(31)32/h3-13,15-16H,14H2,1-2H3,(H,29,33)(H,31,32). The molecule has 0 spiro atoms. The maximum absolute atomic E-state index is 12.6. The largest absolute Gasteiger partial charge is 0.481 e. The molecule has 0 saturated heterocycles. The fraction of sp³-hybridized carbons (Fsp3) is 0.148. The van der Waals surface area contributed by atoms with Crippen LogP contribution in [0.15, 0.2) is 81.8 Å². The van der Waals surface area contributed by atoms with Crippen molar-refractivity contribution in [3.05, 3.63) is 94.2 Å². The first-order valence-electron chi connectivity index (χ1n) is 10.9. The van der Waals surface area contributed by atoms with Gasteiger partial charge in [0.1, 0.15) is 17.5 Å². The van der Waals surface area contributed by atoms with Gasteiger partial charge in [0, 0.05) is 10.0 Å². The van der Waals surface area contributed by atoms with Crippen molar-refractivity contribution in [2.24, 2.45) is 0 Å². The van der Waals surface area contributed by atoms with E-state index in [0.29, 0.717) is 17.1 Å². The van der Waals surface area contributed by atoms with E-state index >= 15 is 0 Å². The average Bonchev–Trinajstić information content (AvgIpc) is 3.19. The van der Waals surface area contributed by atoms with Gasteiger partial charge >= 0.3 is 12.1 Å². The minimum absolute atomic E-state index is 0.00931. The second kappa shape index (κ2) is 10.6. The number of carboxylic acids is 1. The van der Waals surface area contributed by atoms with Crippen molar-refractivity contribution in [1.82, 2.24) is 5.16 Å². The van der Waals surface area contributed by atoms with Gasteiger partial charge in [-0.2, -0.15) is 0 Å². The maximum Gasteiger partial charge on any atom is 0.412 e. The molecule has 0 fully saturated rings. The lowest BCUT2D eigenvalue weighted by Crippen LogP contribution is -2.16. The van der Waals surface area contributed by atoms with Gasteiger partial charge in [0.05, 0.1) is 6.42 Å². The van der Waals surface area contributed by atoms with E-state index in [1.807, 2.05) is 60.7 Å². The Bertz CT molecular complexity index is 1350. The second-order valence-corrected chi connectivity index (χ2v) is 8.95. The van der Waals surface area contributed by atoms with Crippen molar-refractivity contribution in [3.63, 3.8) is 0 Å². The number of aromatic nitrogens is 1. The summed E-state index contributed by atoms with van der Waals surface area (Å²) in [4.78, 5) is 23.5. The summed E-state index contributed by atoms with van der Waals surface area (Å²) >= 11 is 3.42. The predicted octanol–water partition coefficient (Wildman–Crippen LogP) is 7.02. The smallest absolute Gasteiger partial charge is 0.412 e. The topological polar surface area (TPSA) is 102 Å². The number of benzene rings is 3.